The average molecular weight is 286 g/mol. The van der Waals surface area contributed by atoms with Gasteiger partial charge in [-0.05, 0) is 50.8 Å². The smallest absolute Gasteiger partial charge is 0.162 e. The van der Waals surface area contributed by atoms with Crippen molar-refractivity contribution in [1.82, 2.24) is 4.90 Å². The number of hydrogen-bond donors (Lipinski definition) is 0. The van der Waals surface area contributed by atoms with Crippen molar-refractivity contribution >= 4 is 18.2 Å². The monoisotopic (exact) mass is 285 g/mol. The van der Waals surface area contributed by atoms with Gasteiger partial charge in [-0.1, -0.05) is 32.3 Å². The zero-order valence-corrected chi connectivity index (χ0v) is 13.0. The van der Waals surface area contributed by atoms with Gasteiger partial charge in [-0.25, -0.2) is 0 Å². The second-order valence-electron chi connectivity index (χ2n) is 5.83. The Kier molecular flexibility index (Phi) is 7.70. The molecule has 0 aromatic heterocycles. The molecule has 1 heterocycles. The van der Waals surface area contributed by atoms with Gasteiger partial charge in [-0.15, -0.1) is 12.4 Å². The maximum atomic E-state index is 12.3. The fraction of sp³-hybridized carbons (Fsp3) is 0.812. The van der Waals surface area contributed by atoms with Crippen LogP contribution in [0.5, 0.6) is 0 Å². The number of nitrogens with zero attached hydrogens (tertiary/aromatic N) is 1. The summed E-state index contributed by atoms with van der Waals surface area (Å²) in [4.78, 5) is 14.8. The highest BCUT2D eigenvalue weighted by molar-refractivity contribution is 5.99. The number of carbonyl (C=O) groups excluding carboxylic acids is 1. The van der Waals surface area contributed by atoms with E-state index in [0.717, 1.165) is 31.4 Å². The number of allylic oxidation sites excluding steroid dienone is 2. The van der Waals surface area contributed by atoms with Gasteiger partial charge in [0, 0.05) is 12.5 Å². The summed E-state index contributed by atoms with van der Waals surface area (Å²) in [5, 5.41) is 0. The van der Waals surface area contributed by atoms with Gasteiger partial charge in [0.15, 0.2) is 5.78 Å². The number of ketones is 1. The van der Waals surface area contributed by atoms with E-state index in [1.54, 1.807) is 0 Å². The highest BCUT2D eigenvalue weighted by Crippen LogP contribution is 2.28. The molecule has 0 aromatic carbocycles. The number of Topliss-reactive ketones (excluding diaryl/α,β-unsaturated/α-hetero) is 1. The second-order valence-corrected chi connectivity index (χ2v) is 5.83. The zero-order chi connectivity index (χ0) is 12.8. The Bertz CT molecular complexity index is 308. The molecular weight excluding hydrogens is 258 g/mol. The summed E-state index contributed by atoms with van der Waals surface area (Å²) in [5.74, 6) is 0.757. The molecular formula is C16H28ClNO. The molecule has 110 valence electrons. The van der Waals surface area contributed by atoms with Gasteiger partial charge in [-0.2, -0.15) is 0 Å². The molecule has 2 nitrogen and oxygen atoms in total. The van der Waals surface area contributed by atoms with Gasteiger partial charge >= 0.3 is 0 Å². The van der Waals surface area contributed by atoms with E-state index in [2.05, 4.69) is 17.9 Å². The number of piperidine rings is 1. The molecule has 2 rings (SSSR count). The molecule has 0 spiro atoms. The Morgan fingerprint density at radius 1 is 1.26 bits per heavy atom. The van der Waals surface area contributed by atoms with Gasteiger partial charge in [0.05, 0.1) is 0 Å². The summed E-state index contributed by atoms with van der Waals surface area (Å²) in [5.41, 5.74) is 1.13. The standard InChI is InChI=1S/C16H27NO.ClH/c1-2-3-5-8-14-9-10-15(16(14)18)13-17-11-6-4-7-12-17;/h8,15H,2-7,9-13H2,1H3;1H/b14-8+;. The summed E-state index contributed by atoms with van der Waals surface area (Å²) in [6, 6.07) is 0. The molecule has 3 heteroatoms. The van der Waals surface area contributed by atoms with Crippen molar-refractivity contribution in [3.8, 4) is 0 Å². The predicted octanol–water partition coefficient (Wildman–Crippen LogP) is 3.99. The molecule has 19 heavy (non-hydrogen) atoms. The second kappa shape index (κ2) is 8.76. The van der Waals surface area contributed by atoms with Crippen LogP contribution in [-0.4, -0.2) is 30.3 Å². The Morgan fingerprint density at radius 3 is 2.68 bits per heavy atom. The first-order valence-electron chi connectivity index (χ1n) is 7.77. The first-order chi connectivity index (χ1) is 8.81. The number of likely N-dealkylation sites (tertiary alicyclic amines) is 1. The fourth-order valence-corrected chi connectivity index (χ4v) is 3.16. The highest BCUT2D eigenvalue weighted by atomic mass is 35.5. The molecule has 0 aromatic rings. The molecule has 0 N–H and O–H groups in total. The molecule has 0 bridgehead atoms. The van der Waals surface area contributed by atoms with Crippen molar-refractivity contribution in [2.45, 2.75) is 58.3 Å². The van der Waals surface area contributed by atoms with Gasteiger partial charge < -0.3 is 4.90 Å². The average Bonchev–Trinajstić information content (AvgIpc) is 2.73. The van der Waals surface area contributed by atoms with Gasteiger partial charge in [-0.3, -0.25) is 4.79 Å². The predicted molar refractivity (Wildman–Crippen MR) is 82.9 cm³/mol. The van der Waals surface area contributed by atoms with E-state index in [1.807, 2.05) is 0 Å². The molecule has 2 aliphatic rings. The van der Waals surface area contributed by atoms with E-state index >= 15 is 0 Å². The third kappa shape index (κ3) is 4.92. The van der Waals surface area contributed by atoms with Crippen LogP contribution in [0.2, 0.25) is 0 Å². The highest BCUT2D eigenvalue weighted by Gasteiger charge is 2.30. The van der Waals surface area contributed by atoms with Crippen LogP contribution in [0.25, 0.3) is 0 Å². The van der Waals surface area contributed by atoms with Crippen molar-refractivity contribution in [3.63, 3.8) is 0 Å². The van der Waals surface area contributed by atoms with Crippen LogP contribution in [-0.2, 0) is 4.79 Å². The van der Waals surface area contributed by atoms with Crippen LogP contribution < -0.4 is 0 Å². The minimum atomic E-state index is 0. The quantitative estimate of drug-likeness (QED) is 0.562. The van der Waals surface area contributed by atoms with E-state index in [0.29, 0.717) is 11.7 Å². The minimum Gasteiger partial charge on any atom is -0.303 e. The summed E-state index contributed by atoms with van der Waals surface area (Å²) >= 11 is 0. The molecule has 1 aliphatic carbocycles. The van der Waals surface area contributed by atoms with Crippen LogP contribution in [0.1, 0.15) is 58.3 Å². The van der Waals surface area contributed by atoms with Crippen molar-refractivity contribution in [2.24, 2.45) is 5.92 Å². The third-order valence-electron chi connectivity index (χ3n) is 4.33. The topological polar surface area (TPSA) is 20.3 Å². The lowest BCUT2D eigenvalue weighted by molar-refractivity contribution is -0.118. The molecule has 1 unspecified atom stereocenters. The number of hydrogen-bond acceptors (Lipinski definition) is 2. The van der Waals surface area contributed by atoms with E-state index < -0.39 is 0 Å². The van der Waals surface area contributed by atoms with Crippen LogP contribution >= 0.6 is 12.4 Å². The van der Waals surface area contributed by atoms with Crippen LogP contribution in [0, 0.1) is 5.92 Å². The van der Waals surface area contributed by atoms with Crippen molar-refractivity contribution in [2.75, 3.05) is 19.6 Å². The van der Waals surface area contributed by atoms with Crippen molar-refractivity contribution in [3.05, 3.63) is 11.6 Å². The third-order valence-corrected chi connectivity index (χ3v) is 4.33. The molecule has 0 amide bonds. The number of halogens is 1. The van der Waals surface area contributed by atoms with E-state index in [9.17, 15) is 4.79 Å². The Hall–Kier alpha value is -0.340. The van der Waals surface area contributed by atoms with Gasteiger partial charge in [0.25, 0.3) is 0 Å². The molecule has 1 atom stereocenters. The first kappa shape index (κ1) is 16.7. The molecule has 1 aliphatic heterocycles. The SMILES string of the molecule is CCCC/C=C1\CCC(CN2CCCCC2)C1=O.Cl. The summed E-state index contributed by atoms with van der Waals surface area (Å²) in [6.45, 7) is 5.63. The summed E-state index contributed by atoms with van der Waals surface area (Å²) < 4.78 is 0. The van der Waals surface area contributed by atoms with E-state index in [4.69, 9.17) is 0 Å². The van der Waals surface area contributed by atoms with Crippen LogP contribution in [0.4, 0.5) is 0 Å². The summed E-state index contributed by atoms with van der Waals surface area (Å²) in [6.07, 6.45) is 11.9. The number of rotatable bonds is 5. The van der Waals surface area contributed by atoms with Gasteiger partial charge in [0.2, 0.25) is 0 Å². The first-order valence-corrected chi connectivity index (χ1v) is 7.77. The Labute approximate surface area is 124 Å². The number of unbranched alkanes of at least 4 members (excludes halogenated alkanes) is 2. The van der Waals surface area contributed by atoms with Crippen molar-refractivity contribution in [1.29, 1.82) is 0 Å². The lowest BCUT2D eigenvalue weighted by atomic mass is 10.0. The summed E-state index contributed by atoms with van der Waals surface area (Å²) in [7, 11) is 0. The largest absolute Gasteiger partial charge is 0.303 e. The van der Waals surface area contributed by atoms with Crippen LogP contribution in [0.15, 0.2) is 11.6 Å². The normalized spacial score (nSPS) is 26.7. The molecule has 1 saturated carbocycles. The zero-order valence-electron chi connectivity index (χ0n) is 12.2. The Morgan fingerprint density at radius 2 is 2.00 bits per heavy atom. The van der Waals surface area contributed by atoms with Crippen molar-refractivity contribution < 1.29 is 4.79 Å². The minimum absolute atomic E-state index is 0. The maximum Gasteiger partial charge on any atom is 0.162 e. The van der Waals surface area contributed by atoms with Gasteiger partial charge in [0.1, 0.15) is 0 Å². The van der Waals surface area contributed by atoms with Crippen LogP contribution in [0.3, 0.4) is 0 Å². The maximum absolute atomic E-state index is 12.3. The lowest BCUT2D eigenvalue weighted by Gasteiger charge is -2.28. The fourth-order valence-electron chi connectivity index (χ4n) is 3.16. The van der Waals surface area contributed by atoms with E-state index in [-0.39, 0.29) is 12.4 Å². The molecule has 1 saturated heterocycles. The molecule has 2 fully saturated rings. The van der Waals surface area contributed by atoms with E-state index in [1.165, 1.54) is 45.2 Å². The number of carbonyl (C=O) groups is 1. The lowest BCUT2D eigenvalue weighted by Crippen LogP contribution is -2.35. The Balaban J connectivity index is 0.00000180. The molecule has 0 radical (unpaired) electrons.